The number of hydrogen-bond donors (Lipinski definition) is 0. The summed E-state index contributed by atoms with van der Waals surface area (Å²) in [4.78, 5) is 10.9. The minimum atomic E-state index is -0.0819. The molecule has 0 saturated heterocycles. The van der Waals surface area contributed by atoms with E-state index in [1.54, 1.807) is 0 Å². The van der Waals surface area contributed by atoms with Crippen molar-refractivity contribution in [1.29, 1.82) is 0 Å². The van der Waals surface area contributed by atoms with E-state index >= 15 is 0 Å². The monoisotopic (exact) mass is 693 g/mol. The Labute approximate surface area is 312 Å². The first kappa shape index (κ1) is 30.8. The summed E-state index contributed by atoms with van der Waals surface area (Å²) in [5, 5.41) is 9.35. The Morgan fingerprint density at radius 2 is 1.26 bits per heavy atom. The predicted molar refractivity (Wildman–Crippen MR) is 226 cm³/mol. The van der Waals surface area contributed by atoms with Gasteiger partial charge >= 0.3 is 0 Å². The third-order valence-electron chi connectivity index (χ3n) is 11.4. The van der Waals surface area contributed by atoms with Gasteiger partial charge in [0.05, 0.1) is 22.8 Å². The first-order chi connectivity index (χ1) is 26.7. The van der Waals surface area contributed by atoms with Crippen LogP contribution in [0.25, 0.3) is 71.0 Å². The molecule has 0 N–H and O–H groups in total. The minimum Gasteiger partial charge on any atom is -0.455 e. The average molecular weight is 694 g/mol. The van der Waals surface area contributed by atoms with Gasteiger partial charge in [-0.2, -0.15) is 0 Å². The summed E-state index contributed by atoms with van der Waals surface area (Å²) in [5.41, 5.74) is 9.57. The van der Waals surface area contributed by atoms with Crippen molar-refractivity contribution in [1.82, 2.24) is 4.57 Å². The number of rotatable bonds is 5. The summed E-state index contributed by atoms with van der Waals surface area (Å²) in [5.74, 6) is 0.819. The number of aliphatic imine (C=N–C) groups is 2. The van der Waals surface area contributed by atoms with Gasteiger partial charge in [-0.15, -0.1) is 0 Å². The number of furan rings is 1. The van der Waals surface area contributed by atoms with Crippen LogP contribution in [0.15, 0.2) is 184 Å². The number of benzene rings is 8. The van der Waals surface area contributed by atoms with Crippen LogP contribution in [0.4, 0.5) is 0 Å². The fraction of sp³-hybridized carbons (Fsp3) is 0.0800. The SMILES string of the molecule is CCC1C(c2cc3ccccc3c3oc4ccc(-n5c6ccccc6c6cc7ccccc7cc65)cc4c23)=NC(c2ccccc2)=NC1c1ccccc1. The summed E-state index contributed by atoms with van der Waals surface area (Å²) in [7, 11) is 0. The van der Waals surface area contributed by atoms with Crippen molar-refractivity contribution >= 4 is 76.8 Å². The Morgan fingerprint density at radius 3 is 2.06 bits per heavy atom. The third-order valence-corrected chi connectivity index (χ3v) is 11.4. The molecule has 0 fully saturated rings. The van der Waals surface area contributed by atoms with Gasteiger partial charge in [0.1, 0.15) is 11.2 Å². The summed E-state index contributed by atoms with van der Waals surface area (Å²) in [6.07, 6.45) is 0.884. The van der Waals surface area contributed by atoms with Crippen molar-refractivity contribution in [2.45, 2.75) is 19.4 Å². The third kappa shape index (κ3) is 4.70. The van der Waals surface area contributed by atoms with E-state index < -0.39 is 0 Å². The van der Waals surface area contributed by atoms with Crippen molar-refractivity contribution < 1.29 is 4.42 Å². The largest absolute Gasteiger partial charge is 0.455 e. The second-order valence-electron chi connectivity index (χ2n) is 14.4. The fourth-order valence-corrected chi connectivity index (χ4v) is 8.83. The van der Waals surface area contributed by atoms with E-state index in [4.69, 9.17) is 14.4 Å². The lowest BCUT2D eigenvalue weighted by atomic mass is 9.81. The van der Waals surface area contributed by atoms with Crippen molar-refractivity contribution in [3.63, 3.8) is 0 Å². The van der Waals surface area contributed by atoms with E-state index in [0.717, 1.165) is 67.5 Å². The van der Waals surface area contributed by atoms with E-state index in [-0.39, 0.29) is 12.0 Å². The second kappa shape index (κ2) is 12.1. The molecule has 0 bridgehead atoms. The maximum absolute atomic E-state index is 6.90. The zero-order chi connectivity index (χ0) is 35.8. The number of nitrogens with zero attached hydrogens (tertiary/aromatic N) is 3. The first-order valence-corrected chi connectivity index (χ1v) is 18.8. The summed E-state index contributed by atoms with van der Waals surface area (Å²) < 4.78 is 9.31. The zero-order valence-electron chi connectivity index (χ0n) is 29.8. The molecule has 2 atom stereocenters. The summed E-state index contributed by atoms with van der Waals surface area (Å²) in [6.45, 7) is 2.26. The molecule has 0 spiro atoms. The first-order valence-electron chi connectivity index (χ1n) is 18.8. The smallest absolute Gasteiger partial charge is 0.155 e. The number of hydrogen-bond acceptors (Lipinski definition) is 3. The number of para-hydroxylation sites is 1. The van der Waals surface area contributed by atoms with Gasteiger partial charge in [0.25, 0.3) is 0 Å². The molecule has 0 saturated carbocycles. The topological polar surface area (TPSA) is 42.8 Å². The van der Waals surface area contributed by atoms with Crippen molar-refractivity contribution in [3.8, 4) is 5.69 Å². The molecule has 3 heterocycles. The summed E-state index contributed by atoms with van der Waals surface area (Å²) >= 11 is 0. The van der Waals surface area contributed by atoms with Gasteiger partial charge in [-0.25, -0.2) is 4.99 Å². The molecule has 0 amide bonds. The molecule has 0 aliphatic carbocycles. The zero-order valence-corrected chi connectivity index (χ0v) is 29.8. The van der Waals surface area contributed by atoms with E-state index in [0.29, 0.717) is 0 Å². The maximum Gasteiger partial charge on any atom is 0.155 e. The van der Waals surface area contributed by atoms with Crippen molar-refractivity contribution in [2.24, 2.45) is 15.9 Å². The Hall–Kier alpha value is -6.78. The molecule has 2 unspecified atom stereocenters. The van der Waals surface area contributed by atoms with Gasteiger partial charge < -0.3 is 8.98 Å². The quantitative estimate of drug-likeness (QED) is 0.177. The molecule has 10 aromatic rings. The number of aromatic nitrogens is 1. The molecule has 1 aliphatic heterocycles. The standard InChI is InChI=1S/C50H35N3O/c1-2-37-47(31-15-5-3-6-16-31)51-50(32-17-7-4-8-18-32)52-48(37)42-28-35-21-11-12-22-38(35)49-46(42)41-30-36(25-26-45(41)54-49)53-43-24-14-13-23-39(43)40-27-33-19-9-10-20-34(33)29-44(40)53/h3-30,37,47H,2H2,1H3. The van der Waals surface area contributed by atoms with Crippen LogP contribution in [0.2, 0.25) is 0 Å². The Kier molecular flexibility index (Phi) is 6.93. The van der Waals surface area contributed by atoms with Gasteiger partial charge in [0.15, 0.2) is 5.84 Å². The minimum absolute atomic E-state index is 0.0583. The molecule has 54 heavy (non-hydrogen) atoms. The lowest BCUT2D eigenvalue weighted by Crippen LogP contribution is -2.28. The Bertz CT molecular complexity index is 3150. The molecule has 4 heteroatoms. The van der Waals surface area contributed by atoms with E-state index in [9.17, 15) is 0 Å². The summed E-state index contributed by atoms with van der Waals surface area (Å²) in [6, 6.07) is 60.6. The van der Waals surface area contributed by atoms with Crippen LogP contribution >= 0.6 is 0 Å². The fourth-order valence-electron chi connectivity index (χ4n) is 8.83. The van der Waals surface area contributed by atoms with Gasteiger partial charge in [0.2, 0.25) is 0 Å². The van der Waals surface area contributed by atoms with Crippen molar-refractivity contribution in [2.75, 3.05) is 0 Å². The molecular formula is C50H35N3O. The van der Waals surface area contributed by atoms with Crippen LogP contribution in [0.5, 0.6) is 0 Å². The molecule has 0 radical (unpaired) electrons. The predicted octanol–water partition coefficient (Wildman–Crippen LogP) is 13.0. The van der Waals surface area contributed by atoms with Crippen LogP contribution in [0.3, 0.4) is 0 Å². The molecule has 4 nitrogen and oxygen atoms in total. The Morgan fingerprint density at radius 1 is 0.574 bits per heavy atom. The molecule has 1 aliphatic rings. The lowest BCUT2D eigenvalue weighted by Gasteiger charge is -2.30. The van der Waals surface area contributed by atoms with Crippen LogP contribution in [0.1, 0.15) is 36.1 Å². The van der Waals surface area contributed by atoms with E-state index in [2.05, 4.69) is 175 Å². The lowest BCUT2D eigenvalue weighted by molar-refractivity contribution is 0.533. The van der Waals surface area contributed by atoms with Crippen LogP contribution in [-0.4, -0.2) is 16.1 Å². The molecule has 8 aromatic carbocycles. The number of amidine groups is 1. The Balaban J connectivity index is 1.21. The normalized spacial score (nSPS) is 16.2. The van der Waals surface area contributed by atoms with Gasteiger partial charge in [0, 0.05) is 49.7 Å². The highest BCUT2D eigenvalue weighted by molar-refractivity contribution is 6.28. The molecule has 11 rings (SSSR count). The molecular weight excluding hydrogens is 659 g/mol. The van der Waals surface area contributed by atoms with Crippen molar-refractivity contribution in [3.05, 3.63) is 187 Å². The van der Waals surface area contributed by atoms with Crippen LogP contribution < -0.4 is 0 Å². The van der Waals surface area contributed by atoms with E-state index in [1.165, 1.54) is 38.1 Å². The molecule has 2 aromatic heterocycles. The highest BCUT2D eigenvalue weighted by Gasteiger charge is 2.33. The average Bonchev–Trinajstić information content (AvgIpc) is 3.78. The highest BCUT2D eigenvalue weighted by Crippen LogP contribution is 2.43. The maximum atomic E-state index is 6.90. The van der Waals surface area contributed by atoms with Gasteiger partial charge in [-0.05, 0) is 70.6 Å². The second-order valence-corrected chi connectivity index (χ2v) is 14.4. The van der Waals surface area contributed by atoms with E-state index in [1.807, 2.05) is 6.07 Å². The molecule has 256 valence electrons. The van der Waals surface area contributed by atoms with Gasteiger partial charge in [-0.3, -0.25) is 4.99 Å². The number of fused-ring (bicyclic) bond motifs is 9. The van der Waals surface area contributed by atoms with Crippen LogP contribution in [-0.2, 0) is 0 Å². The highest BCUT2D eigenvalue weighted by atomic mass is 16.3. The van der Waals surface area contributed by atoms with Crippen LogP contribution in [0, 0.1) is 5.92 Å². The van der Waals surface area contributed by atoms with Gasteiger partial charge in [-0.1, -0.05) is 134 Å².